The molecule has 0 atom stereocenters. The molecule has 0 heterocycles. The molecular weight excluding hydrogens is 538 g/mol. The molecule has 0 aromatic heterocycles. The standard InChI is InChI=1S/C34H34F6O/c1-2-3-4-5-6-7-25-21-31(35)30(32(36)22-25)19-12-24-11-18-29-27(20-24)15-14-26(33(29)37)13-8-23-9-16-28(17-10-23)41-34(38,39)40/h9-11,14-18,20-22H,2-8,12-13,19H2,1H3. The van der Waals surface area contributed by atoms with Crippen molar-refractivity contribution in [3.63, 3.8) is 0 Å². The summed E-state index contributed by atoms with van der Waals surface area (Å²) in [6.45, 7) is 2.15. The number of benzene rings is 4. The monoisotopic (exact) mass is 572 g/mol. The molecule has 4 aromatic carbocycles. The lowest BCUT2D eigenvalue weighted by molar-refractivity contribution is -0.274. The summed E-state index contributed by atoms with van der Waals surface area (Å²) in [7, 11) is 0. The lowest BCUT2D eigenvalue weighted by atomic mass is 9.96. The van der Waals surface area contributed by atoms with Crippen LogP contribution in [0.2, 0.25) is 0 Å². The zero-order chi connectivity index (χ0) is 29.4. The third-order valence-electron chi connectivity index (χ3n) is 7.37. The summed E-state index contributed by atoms with van der Waals surface area (Å²) in [6.07, 6.45) is 2.79. The Kier molecular flexibility index (Phi) is 10.4. The smallest absolute Gasteiger partial charge is 0.406 e. The molecule has 7 heteroatoms. The van der Waals surface area contributed by atoms with Crippen molar-refractivity contribution >= 4 is 10.8 Å². The molecule has 4 aromatic rings. The van der Waals surface area contributed by atoms with Gasteiger partial charge in [0.05, 0.1) is 0 Å². The predicted octanol–water partition coefficient (Wildman–Crippen LogP) is 10.2. The van der Waals surface area contributed by atoms with Gasteiger partial charge in [-0.05, 0) is 90.4 Å². The lowest BCUT2D eigenvalue weighted by Crippen LogP contribution is -2.17. The van der Waals surface area contributed by atoms with Crippen LogP contribution in [0.25, 0.3) is 10.8 Å². The van der Waals surface area contributed by atoms with Crippen LogP contribution in [0.5, 0.6) is 5.75 Å². The van der Waals surface area contributed by atoms with E-state index in [1.165, 1.54) is 42.8 Å². The van der Waals surface area contributed by atoms with Crippen molar-refractivity contribution < 1.29 is 31.1 Å². The Bertz CT molecular complexity index is 1420. The summed E-state index contributed by atoms with van der Waals surface area (Å²) in [5.74, 6) is -1.70. The highest BCUT2D eigenvalue weighted by atomic mass is 19.4. The van der Waals surface area contributed by atoms with Crippen molar-refractivity contribution in [3.8, 4) is 5.75 Å². The molecule has 0 aliphatic rings. The second-order valence-corrected chi connectivity index (χ2v) is 10.5. The quantitative estimate of drug-likeness (QED) is 0.114. The summed E-state index contributed by atoms with van der Waals surface area (Å²) in [5.41, 5.74) is 2.86. The number of unbranched alkanes of at least 4 members (excludes halogenated alkanes) is 4. The van der Waals surface area contributed by atoms with Crippen molar-refractivity contribution in [3.05, 3.63) is 112 Å². The SMILES string of the molecule is CCCCCCCc1cc(F)c(CCc2ccc3c(F)c(CCc4ccc(OC(F)(F)F)cc4)ccc3c2)c(F)c1. The van der Waals surface area contributed by atoms with Gasteiger partial charge in [0.2, 0.25) is 0 Å². The number of alkyl halides is 3. The Morgan fingerprint density at radius 3 is 1.95 bits per heavy atom. The number of aryl methyl sites for hydroxylation is 4. The number of fused-ring (bicyclic) bond motifs is 1. The van der Waals surface area contributed by atoms with Crippen LogP contribution in [0, 0.1) is 17.5 Å². The highest BCUT2D eigenvalue weighted by Crippen LogP contribution is 2.27. The van der Waals surface area contributed by atoms with Gasteiger partial charge < -0.3 is 4.74 Å². The fraction of sp³-hybridized carbons (Fsp3) is 0.353. The first-order valence-corrected chi connectivity index (χ1v) is 14.1. The van der Waals surface area contributed by atoms with Crippen LogP contribution in [-0.2, 0) is 32.1 Å². The molecule has 0 unspecified atom stereocenters. The van der Waals surface area contributed by atoms with E-state index in [9.17, 15) is 22.0 Å². The summed E-state index contributed by atoms with van der Waals surface area (Å²) >= 11 is 0. The minimum Gasteiger partial charge on any atom is -0.406 e. The van der Waals surface area contributed by atoms with E-state index in [2.05, 4.69) is 11.7 Å². The van der Waals surface area contributed by atoms with Crippen molar-refractivity contribution in [1.29, 1.82) is 0 Å². The molecule has 0 amide bonds. The van der Waals surface area contributed by atoms with Gasteiger partial charge in [0.15, 0.2) is 0 Å². The Balaban J connectivity index is 1.36. The average molecular weight is 573 g/mol. The molecule has 0 bridgehead atoms. The van der Waals surface area contributed by atoms with Crippen LogP contribution in [0.3, 0.4) is 0 Å². The Morgan fingerprint density at radius 1 is 0.610 bits per heavy atom. The summed E-state index contributed by atoms with van der Waals surface area (Å²) < 4.78 is 85.6. The number of hydrogen-bond donors (Lipinski definition) is 0. The third kappa shape index (κ3) is 8.75. The second kappa shape index (κ2) is 13.9. The average Bonchev–Trinajstić information content (AvgIpc) is 2.92. The van der Waals surface area contributed by atoms with Crippen LogP contribution >= 0.6 is 0 Å². The van der Waals surface area contributed by atoms with Crippen molar-refractivity contribution in [2.75, 3.05) is 0 Å². The molecule has 0 fully saturated rings. The number of hydrogen-bond acceptors (Lipinski definition) is 1. The van der Waals surface area contributed by atoms with Crippen LogP contribution in [-0.4, -0.2) is 6.36 Å². The van der Waals surface area contributed by atoms with Gasteiger partial charge in [0.25, 0.3) is 0 Å². The largest absolute Gasteiger partial charge is 0.573 e. The van der Waals surface area contributed by atoms with E-state index in [1.54, 1.807) is 18.2 Å². The maximum absolute atomic E-state index is 15.3. The number of ether oxygens (including phenoxy) is 1. The number of halogens is 6. The topological polar surface area (TPSA) is 9.23 Å². The van der Waals surface area contributed by atoms with Crippen LogP contribution < -0.4 is 4.74 Å². The molecule has 0 saturated heterocycles. The molecule has 41 heavy (non-hydrogen) atoms. The molecule has 0 saturated carbocycles. The van der Waals surface area contributed by atoms with Gasteiger partial charge in [-0.2, -0.15) is 0 Å². The minimum absolute atomic E-state index is 0.0689. The molecule has 1 nitrogen and oxygen atoms in total. The van der Waals surface area contributed by atoms with Gasteiger partial charge in [-0.3, -0.25) is 0 Å². The zero-order valence-corrected chi connectivity index (χ0v) is 23.1. The number of rotatable bonds is 13. The van der Waals surface area contributed by atoms with Crippen molar-refractivity contribution in [1.82, 2.24) is 0 Å². The van der Waals surface area contributed by atoms with Gasteiger partial charge in [0.1, 0.15) is 23.2 Å². The third-order valence-corrected chi connectivity index (χ3v) is 7.37. The Morgan fingerprint density at radius 2 is 1.27 bits per heavy atom. The van der Waals surface area contributed by atoms with Gasteiger partial charge in [-0.15, -0.1) is 13.2 Å². The van der Waals surface area contributed by atoms with Crippen LogP contribution in [0.4, 0.5) is 26.3 Å². The van der Waals surface area contributed by atoms with E-state index in [1.807, 2.05) is 12.1 Å². The van der Waals surface area contributed by atoms with Crippen molar-refractivity contribution in [2.45, 2.75) is 77.5 Å². The van der Waals surface area contributed by atoms with E-state index in [4.69, 9.17) is 0 Å². The Labute approximate surface area is 237 Å². The molecule has 0 radical (unpaired) electrons. The second-order valence-electron chi connectivity index (χ2n) is 10.5. The van der Waals surface area contributed by atoms with E-state index in [0.717, 1.165) is 36.8 Å². The van der Waals surface area contributed by atoms with Crippen LogP contribution in [0.1, 0.15) is 66.8 Å². The first-order valence-electron chi connectivity index (χ1n) is 14.1. The molecule has 218 valence electrons. The van der Waals surface area contributed by atoms with E-state index >= 15 is 4.39 Å². The first kappa shape index (κ1) is 30.5. The molecular formula is C34H34F6O. The van der Waals surface area contributed by atoms with Gasteiger partial charge >= 0.3 is 6.36 Å². The van der Waals surface area contributed by atoms with Gasteiger partial charge in [0, 0.05) is 10.9 Å². The molecule has 0 aliphatic carbocycles. The predicted molar refractivity (Wildman–Crippen MR) is 151 cm³/mol. The highest BCUT2D eigenvalue weighted by molar-refractivity contribution is 5.84. The maximum atomic E-state index is 15.3. The fourth-order valence-corrected chi connectivity index (χ4v) is 5.11. The van der Waals surface area contributed by atoms with E-state index in [-0.39, 0.29) is 23.6 Å². The van der Waals surface area contributed by atoms with E-state index in [0.29, 0.717) is 47.6 Å². The maximum Gasteiger partial charge on any atom is 0.573 e. The fourth-order valence-electron chi connectivity index (χ4n) is 5.11. The summed E-state index contributed by atoms with van der Waals surface area (Å²) in [6, 6.07) is 17.2. The first-order chi connectivity index (χ1) is 19.6. The lowest BCUT2D eigenvalue weighted by Gasteiger charge is -2.11. The summed E-state index contributed by atoms with van der Waals surface area (Å²) in [4.78, 5) is 0. The molecule has 0 spiro atoms. The summed E-state index contributed by atoms with van der Waals surface area (Å²) in [5, 5.41) is 1.14. The minimum atomic E-state index is -4.75. The molecule has 4 rings (SSSR count). The van der Waals surface area contributed by atoms with Crippen LogP contribution in [0.15, 0.2) is 66.7 Å². The van der Waals surface area contributed by atoms with Gasteiger partial charge in [-0.25, -0.2) is 13.2 Å². The Hall–Kier alpha value is -3.48. The van der Waals surface area contributed by atoms with Crippen molar-refractivity contribution in [2.24, 2.45) is 0 Å². The van der Waals surface area contributed by atoms with E-state index < -0.39 is 18.0 Å². The zero-order valence-electron chi connectivity index (χ0n) is 23.1. The van der Waals surface area contributed by atoms with Gasteiger partial charge in [-0.1, -0.05) is 75.1 Å². The molecule has 0 N–H and O–H groups in total. The normalized spacial score (nSPS) is 11.8. The highest BCUT2D eigenvalue weighted by Gasteiger charge is 2.30. The molecule has 0 aliphatic heterocycles.